The SMILES string of the molecule is COc1cccc2cc(C(C)C)ccc12. The van der Waals surface area contributed by atoms with Crippen LogP contribution in [0.15, 0.2) is 36.4 Å². The Morgan fingerprint density at radius 3 is 2.53 bits per heavy atom. The van der Waals surface area contributed by atoms with E-state index in [-0.39, 0.29) is 0 Å². The van der Waals surface area contributed by atoms with Gasteiger partial charge in [-0.3, -0.25) is 0 Å². The van der Waals surface area contributed by atoms with Crippen molar-refractivity contribution in [3.63, 3.8) is 0 Å². The summed E-state index contributed by atoms with van der Waals surface area (Å²) in [6.45, 7) is 4.42. The molecule has 0 saturated carbocycles. The van der Waals surface area contributed by atoms with E-state index in [1.54, 1.807) is 7.11 Å². The van der Waals surface area contributed by atoms with Crippen LogP contribution in [0.3, 0.4) is 0 Å². The molecule has 0 unspecified atom stereocenters. The molecule has 0 N–H and O–H groups in total. The van der Waals surface area contributed by atoms with Crippen molar-refractivity contribution in [2.24, 2.45) is 0 Å². The smallest absolute Gasteiger partial charge is 0.126 e. The lowest BCUT2D eigenvalue weighted by molar-refractivity contribution is 0.420. The lowest BCUT2D eigenvalue weighted by Gasteiger charge is -2.09. The van der Waals surface area contributed by atoms with Crippen molar-refractivity contribution in [3.05, 3.63) is 42.0 Å². The molecule has 0 bridgehead atoms. The topological polar surface area (TPSA) is 9.23 Å². The average molecular weight is 200 g/mol. The quantitative estimate of drug-likeness (QED) is 0.712. The highest BCUT2D eigenvalue weighted by Gasteiger charge is 2.03. The maximum absolute atomic E-state index is 5.33. The molecule has 1 nitrogen and oxygen atoms in total. The molecular weight excluding hydrogens is 184 g/mol. The van der Waals surface area contributed by atoms with Gasteiger partial charge in [-0.1, -0.05) is 44.2 Å². The van der Waals surface area contributed by atoms with E-state index in [2.05, 4.69) is 38.1 Å². The van der Waals surface area contributed by atoms with Gasteiger partial charge in [-0.05, 0) is 22.9 Å². The van der Waals surface area contributed by atoms with Gasteiger partial charge in [0.15, 0.2) is 0 Å². The Morgan fingerprint density at radius 2 is 1.87 bits per heavy atom. The van der Waals surface area contributed by atoms with Crippen LogP contribution in [-0.4, -0.2) is 7.11 Å². The number of hydrogen-bond donors (Lipinski definition) is 0. The number of ether oxygens (including phenoxy) is 1. The van der Waals surface area contributed by atoms with Gasteiger partial charge in [-0.15, -0.1) is 0 Å². The Hall–Kier alpha value is -1.50. The molecule has 0 aromatic heterocycles. The second-order valence-corrected chi connectivity index (χ2v) is 4.10. The Labute approximate surface area is 90.7 Å². The molecule has 0 heterocycles. The fourth-order valence-electron chi connectivity index (χ4n) is 1.81. The molecule has 0 aliphatic carbocycles. The summed E-state index contributed by atoms with van der Waals surface area (Å²) in [5.41, 5.74) is 1.37. The summed E-state index contributed by atoms with van der Waals surface area (Å²) in [4.78, 5) is 0. The first-order chi connectivity index (χ1) is 7.22. The minimum absolute atomic E-state index is 0.570. The standard InChI is InChI=1S/C14H16O/c1-10(2)11-7-8-13-12(9-11)5-4-6-14(13)15-3/h4-10H,1-3H3. The lowest BCUT2D eigenvalue weighted by Crippen LogP contribution is -1.89. The third-order valence-electron chi connectivity index (χ3n) is 2.75. The van der Waals surface area contributed by atoms with Crippen LogP contribution in [0.1, 0.15) is 25.3 Å². The predicted molar refractivity (Wildman–Crippen MR) is 64.6 cm³/mol. The molecule has 0 saturated heterocycles. The van der Waals surface area contributed by atoms with Gasteiger partial charge in [0.2, 0.25) is 0 Å². The molecule has 2 aromatic carbocycles. The lowest BCUT2D eigenvalue weighted by atomic mass is 9.99. The van der Waals surface area contributed by atoms with Crippen molar-refractivity contribution >= 4 is 10.8 Å². The number of fused-ring (bicyclic) bond motifs is 1. The van der Waals surface area contributed by atoms with Gasteiger partial charge in [0.05, 0.1) is 7.11 Å². The van der Waals surface area contributed by atoms with Crippen LogP contribution in [0, 0.1) is 0 Å². The largest absolute Gasteiger partial charge is 0.496 e. The average Bonchev–Trinajstić information content (AvgIpc) is 2.27. The third-order valence-corrected chi connectivity index (χ3v) is 2.75. The van der Waals surface area contributed by atoms with Crippen LogP contribution in [0.5, 0.6) is 5.75 Å². The molecule has 78 valence electrons. The molecule has 2 rings (SSSR count). The second kappa shape index (κ2) is 3.93. The van der Waals surface area contributed by atoms with Crippen LogP contribution in [0.4, 0.5) is 0 Å². The molecular formula is C14H16O. The van der Waals surface area contributed by atoms with Crippen LogP contribution >= 0.6 is 0 Å². The maximum atomic E-state index is 5.33. The maximum Gasteiger partial charge on any atom is 0.126 e. The van der Waals surface area contributed by atoms with E-state index in [1.807, 2.05) is 12.1 Å². The van der Waals surface area contributed by atoms with Crippen molar-refractivity contribution in [1.82, 2.24) is 0 Å². The highest BCUT2D eigenvalue weighted by Crippen LogP contribution is 2.28. The minimum Gasteiger partial charge on any atom is -0.496 e. The summed E-state index contributed by atoms with van der Waals surface area (Å²) < 4.78 is 5.33. The van der Waals surface area contributed by atoms with E-state index >= 15 is 0 Å². The number of hydrogen-bond acceptors (Lipinski definition) is 1. The van der Waals surface area contributed by atoms with Crippen molar-refractivity contribution in [1.29, 1.82) is 0 Å². The van der Waals surface area contributed by atoms with Crippen LogP contribution in [-0.2, 0) is 0 Å². The molecule has 0 aliphatic rings. The zero-order valence-electron chi connectivity index (χ0n) is 9.45. The fourth-order valence-corrected chi connectivity index (χ4v) is 1.81. The number of benzene rings is 2. The van der Waals surface area contributed by atoms with E-state index in [9.17, 15) is 0 Å². The summed E-state index contributed by atoms with van der Waals surface area (Å²) in [5.74, 6) is 1.52. The van der Waals surface area contributed by atoms with Crippen LogP contribution in [0.25, 0.3) is 10.8 Å². The predicted octanol–water partition coefficient (Wildman–Crippen LogP) is 3.97. The normalized spacial score (nSPS) is 10.9. The van der Waals surface area contributed by atoms with Gasteiger partial charge >= 0.3 is 0 Å². The van der Waals surface area contributed by atoms with Crippen molar-refractivity contribution in [2.45, 2.75) is 19.8 Å². The molecule has 15 heavy (non-hydrogen) atoms. The first-order valence-electron chi connectivity index (χ1n) is 5.29. The molecule has 2 aromatic rings. The highest BCUT2D eigenvalue weighted by atomic mass is 16.5. The van der Waals surface area contributed by atoms with Crippen LogP contribution < -0.4 is 4.74 Å². The monoisotopic (exact) mass is 200 g/mol. The Morgan fingerprint density at radius 1 is 1.07 bits per heavy atom. The van der Waals surface area contributed by atoms with Gasteiger partial charge in [-0.25, -0.2) is 0 Å². The van der Waals surface area contributed by atoms with Crippen molar-refractivity contribution in [2.75, 3.05) is 7.11 Å². The minimum atomic E-state index is 0.570. The Kier molecular flexibility index (Phi) is 2.63. The van der Waals surface area contributed by atoms with E-state index in [0.717, 1.165) is 5.75 Å². The van der Waals surface area contributed by atoms with E-state index in [4.69, 9.17) is 4.74 Å². The van der Waals surface area contributed by atoms with Crippen LogP contribution in [0.2, 0.25) is 0 Å². The van der Waals surface area contributed by atoms with Gasteiger partial charge in [0, 0.05) is 5.39 Å². The van der Waals surface area contributed by atoms with Crippen molar-refractivity contribution in [3.8, 4) is 5.75 Å². The second-order valence-electron chi connectivity index (χ2n) is 4.10. The number of rotatable bonds is 2. The third kappa shape index (κ3) is 1.82. The Balaban J connectivity index is 2.63. The first-order valence-corrected chi connectivity index (χ1v) is 5.29. The van der Waals surface area contributed by atoms with E-state index in [1.165, 1.54) is 16.3 Å². The summed E-state index contributed by atoms with van der Waals surface area (Å²) >= 11 is 0. The van der Waals surface area contributed by atoms with E-state index < -0.39 is 0 Å². The zero-order valence-corrected chi connectivity index (χ0v) is 9.45. The first kappa shape index (κ1) is 10.0. The van der Waals surface area contributed by atoms with Gasteiger partial charge in [0.25, 0.3) is 0 Å². The zero-order chi connectivity index (χ0) is 10.8. The fraction of sp³-hybridized carbons (Fsp3) is 0.286. The Bertz CT molecular complexity index is 472. The molecule has 0 radical (unpaired) electrons. The van der Waals surface area contributed by atoms with Crippen molar-refractivity contribution < 1.29 is 4.74 Å². The van der Waals surface area contributed by atoms with Gasteiger partial charge in [-0.2, -0.15) is 0 Å². The molecule has 0 aliphatic heterocycles. The summed E-state index contributed by atoms with van der Waals surface area (Å²) in [7, 11) is 1.71. The van der Waals surface area contributed by atoms with E-state index in [0.29, 0.717) is 5.92 Å². The summed E-state index contributed by atoms with van der Waals surface area (Å²) in [6, 6.07) is 12.7. The highest BCUT2D eigenvalue weighted by molar-refractivity contribution is 5.88. The number of methoxy groups -OCH3 is 1. The molecule has 1 heteroatoms. The molecule has 0 spiro atoms. The summed E-state index contributed by atoms with van der Waals surface area (Å²) in [6.07, 6.45) is 0. The van der Waals surface area contributed by atoms with Gasteiger partial charge < -0.3 is 4.74 Å². The molecule has 0 atom stereocenters. The molecule has 0 amide bonds. The van der Waals surface area contributed by atoms with Gasteiger partial charge in [0.1, 0.15) is 5.75 Å². The molecule has 0 fully saturated rings. The summed E-state index contributed by atoms with van der Waals surface area (Å²) in [5, 5.41) is 2.44.